The maximum absolute atomic E-state index is 13.1. The van der Waals surface area contributed by atoms with Crippen molar-refractivity contribution in [2.75, 3.05) is 33.0 Å². The van der Waals surface area contributed by atoms with Gasteiger partial charge in [-0.15, -0.1) is 40.4 Å². The Balaban J connectivity index is 0.000000223. The normalized spacial score (nSPS) is 14.5. The molecule has 6 aromatic rings. The van der Waals surface area contributed by atoms with Crippen LogP contribution in [0.4, 0.5) is 0 Å². The van der Waals surface area contributed by atoms with E-state index in [1.165, 1.54) is 28.2 Å². The predicted octanol–water partition coefficient (Wildman–Crippen LogP) is 17.1. The Bertz CT molecular complexity index is 3970. The number of aryl methyl sites for hydroxylation is 6. The average molecular weight is 1420 g/mol. The van der Waals surface area contributed by atoms with Gasteiger partial charge in [-0.3, -0.25) is 0 Å². The molecule has 3 aliphatic rings. The maximum atomic E-state index is 13.1. The minimum absolute atomic E-state index is 0.283. The first-order valence-electron chi connectivity index (χ1n) is 33.4. The molecule has 0 spiro atoms. The van der Waals surface area contributed by atoms with E-state index in [-0.39, 0.29) is 6.61 Å². The summed E-state index contributed by atoms with van der Waals surface area (Å²) >= 11 is 11.1. The summed E-state index contributed by atoms with van der Waals surface area (Å²) in [6.07, 6.45) is 7.95. The van der Waals surface area contributed by atoms with Crippen LogP contribution in [0, 0.1) is 56.8 Å². The smallest absolute Gasteiger partial charge is 0.340 e. The molecule has 0 aliphatic carbocycles. The van der Waals surface area contributed by atoms with Crippen molar-refractivity contribution in [2.24, 2.45) is 17.2 Å². The quantitative estimate of drug-likeness (QED) is 0.0588. The van der Waals surface area contributed by atoms with E-state index < -0.39 is 69.6 Å². The van der Waals surface area contributed by atoms with Crippen molar-refractivity contribution < 1.29 is 57.4 Å². The van der Waals surface area contributed by atoms with Crippen LogP contribution in [-0.2, 0) is 57.3 Å². The fourth-order valence-electron chi connectivity index (χ4n) is 10.8. The van der Waals surface area contributed by atoms with Gasteiger partial charge in [-0.05, 0) is 247 Å². The van der Waals surface area contributed by atoms with Gasteiger partial charge in [-0.1, -0.05) is 59.4 Å². The number of carboxylic acids is 1. The van der Waals surface area contributed by atoms with Crippen LogP contribution in [0.3, 0.4) is 0 Å². The molecule has 7 N–H and O–H groups in total. The molecule has 530 valence electrons. The number of thiophene rings is 3. The van der Waals surface area contributed by atoms with E-state index in [1.54, 1.807) is 39.0 Å². The van der Waals surface area contributed by atoms with Gasteiger partial charge >= 0.3 is 17.9 Å². The van der Waals surface area contributed by atoms with Crippen molar-refractivity contribution in [3.63, 3.8) is 0 Å². The first-order valence-corrected chi connectivity index (χ1v) is 36.2. The molecule has 6 heterocycles. The number of hydrogen-bond acceptors (Lipinski definition) is 17. The van der Waals surface area contributed by atoms with Gasteiger partial charge < -0.3 is 60.2 Å². The van der Waals surface area contributed by atoms with Crippen LogP contribution in [0.1, 0.15) is 213 Å². The van der Waals surface area contributed by atoms with Crippen molar-refractivity contribution in [3.05, 3.63) is 117 Å². The summed E-state index contributed by atoms with van der Waals surface area (Å²) in [4.78, 5) is 42.6. The first-order chi connectivity index (χ1) is 45.5. The van der Waals surface area contributed by atoms with E-state index in [1.807, 2.05) is 147 Å². The molecule has 98 heavy (non-hydrogen) atoms. The molecule has 0 saturated heterocycles. The van der Waals surface area contributed by atoms with Crippen molar-refractivity contribution in [2.45, 2.75) is 229 Å². The number of nitrogens with two attached hydrogens (primary N) is 3. The zero-order chi connectivity index (χ0) is 73.0. The summed E-state index contributed by atoms with van der Waals surface area (Å²) < 4.78 is 47.2. The molecule has 9 rings (SSSR count). The summed E-state index contributed by atoms with van der Waals surface area (Å²) in [7, 11) is 0. The van der Waals surface area contributed by atoms with Crippen LogP contribution in [-0.4, -0.2) is 89.5 Å². The fourth-order valence-corrected chi connectivity index (χ4v) is 14.4. The molecule has 0 bridgehead atoms. The van der Waals surface area contributed by atoms with Crippen molar-refractivity contribution in [1.29, 1.82) is 0 Å². The van der Waals surface area contributed by atoms with E-state index in [9.17, 15) is 19.5 Å². The summed E-state index contributed by atoms with van der Waals surface area (Å²) in [6, 6.07) is 18.3. The number of rotatable bonds is 14. The van der Waals surface area contributed by atoms with E-state index in [4.69, 9.17) is 73.1 Å². The zero-order valence-corrected chi connectivity index (χ0v) is 64.3. The Morgan fingerprint density at radius 1 is 0.520 bits per heavy atom. The number of carbonyl (C=O) groups excluding carboxylic acids is 2. The molecule has 19 heteroatoms. The lowest BCUT2D eigenvalue weighted by atomic mass is 9.93. The van der Waals surface area contributed by atoms with Gasteiger partial charge in [0.25, 0.3) is 0 Å². The maximum Gasteiger partial charge on any atom is 0.340 e. The number of aliphatic carboxylic acids is 1. The lowest BCUT2D eigenvalue weighted by molar-refractivity contribution is -0.167. The highest BCUT2D eigenvalue weighted by Crippen LogP contribution is 2.49. The van der Waals surface area contributed by atoms with Crippen LogP contribution in [0.15, 0.2) is 54.6 Å². The molecule has 0 radical (unpaired) electrons. The van der Waals surface area contributed by atoms with Crippen LogP contribution in [0.5, 0.6) is 17.2 Å². The van der Waals surface area contributed by atoms with Gasteiger partial charge in [0.1, 0.15) is 21.6 Å². The molecule has 3 aromatic carbocycles. The summed E-state index contributed by atoms with van der Waals surface area (Å²) in [6.45, 7) is 40.5. The lowest BCUT2D eigenvalue weighted by Crippen LogP contribution is -2.29. The Hall–Kier alpha value is -6.70. The van der Waals surface area contributed by atoms with Gasteiger partial charge in [0.05, 0.1) is 76.2 Å². The van der Waals surface area contributed by atoms with Crippen molar-refractivity contribution in [1.82, 2.24) is 0 Å². The SMILES string of the molecule is C#CC(C)(C)N.CCOC(=O)C(OC(C)(C)C)c1c(C)sc(C#CC(C)(C)N)c1-c1ccc2c(c1)CCCO2.CCOC(=O)C(OC(C)(C)C)c1c(C)sc(Cl)c1-c1ccc2c(c1)CCCO2.Cc1sc(C#CC(C)(C)N)c(-c2ccc3c(c2)CCCO3)c1C(OC(C)(C)C)C(=O)O. The number of benzene rings is 3. The third kappa shape index (κ3) is 23.2. The molecular weight excluding hydrogens is 1310 g/mol. The monoisotopic (exact) mass is 1420 g/mol. The number of carbonyl (C=O) groups is 3. The van der Waals surface area contributed by atoms with Gasteiger partial charge in [-0.2, -0.15) is 0 Å². The molecule has 3 atom stereocenters. The summed E-state index contributed by atoms with van der Waals surface area (Å²) in [5.41, 5.74) is 25.3. The number of ether oxygens (including phenoxy) is 8. The Kier molecular flexibility index (Phi) is 27.6. The minimum atomic E-state index is -1.10. The van der Waals surface area contributed by atoms with Crippen molar-refractivity contribution >= 4 is 63.5 Å². The largest absolute Gasteiger partial charge is 0.493 e. The third-order valence-corrected chi connectivity index (χ3v) is 18.1. The Morgan fingerprint density at radius 2 is 0.827 bits per heavy atom. The lowest BCUT2D eigenvalue weighted by Gasteiger charge is -2.27. The molecule has 0 saturated carbocycles. The number of terminal acetylenes is 1. The highest BCUT2D eigenvalue weighted by Gasteiger charge is 2.38. The highest BCUT2D eigenvalue weighted by molar-refractivity contribution is 7.17. The van der Waals surface area contributed by atoms with E-state index in [0.717, 1.165) is 156 Å². The predicted molar refractivity (Wildman–Crippen MR) is 399 cm³/mol. The second kappa shape index (κ2) is 33.6. The van der Waals surface area contributed by atoms with Gasteiger partial charge in [0, 0.05) is 48.0 Å². The second-order valence-corrected chi connectivity index (χ2v) is 33.4. The standard InChI is InChI=1S/C27H35NO4S.C25H31NO4S.C22H27ClO4S.C5H9N/c1-8-30-25(29)24(32-26(3,4)5)22-17(2)33-21(13-14-27(6,7)28)23(22)19-11-12-20-18(16-19)10-9-15-31-20;1-15-20(22(23(27)28)30-24(2,3)4)21(19(31-15)11-12-25(5,6)26)17-9-10-18-16(14-17)8-7-13-29-18;1-6-25-21(24)19(27-22(3,4)5)17-13(2)28-20(23)18(17)15-9-10-16-14(12-15)8-7-11-26-16;1-4-5(2,3)6/h11-12,16,24H,8-10,15,28H2,1-7H3;9-10,14,22H,7-8,13,26H2,1-6H3,(H,27,28);9-10,12,19H,6-8,11H2,1-5H3;1H,6H2,2-3H3. The van der Waals surface area contributed by atoms with E-state index in [2.05, 4.69) is 47.8 Å². The Morgan fingerprint density at radius 3 is 1.13 bits per heavy atom. The van der Waals surface area contributed by atoms with Gasteiger partial charge in [0.2, 0.25) is 0 Å². The Labute approximate surface area is 599 Å². The minimum Gasteiger partial charge on any atom is -0.493 e. The second-order valence-electron chi connectivity index (χ2n) is 29.1. The van der Waals surface area contributed by atoms with Crippen molar-refractivity contribution in [3.8, 4) is 86.7 Å². The van der Waals surface area contributed by atoms with E-state index >= 15 is 0 Å². The van der Waals surface area contributed by atoms with Gasteiger partial charge in [-0.25, -0.2) is 14.4 Å². The first kappa shape index (κ1) is 80.3. The van der Waals surface area contributed by atoms with E-state index in [0.29, 0.717) is 16.5 Å². The third-order valence-electron chi connectivity index (χ3n) is 14.7. The average Bonchev–Trinajstić information content (AvgIpc) is 1.53. The van der Waals surface area contributed by atoms with Crippen LogP contribution < -0.4 is 31.4 Å². The number of esters is 2. The molecule has 3 aromatic heterocycles. The van der Waals surface area contributed by atoms with Crippen LogP contribution in [0.2, 0.25) is 4.34 Å². The zero-order valence-electron chi connectivity index (χ0n) is 61.1. The highest BCUT2D eigenvalue weighted by atomic mass is 35.5. The number of fused-ring (bicyclic) bond motifs is 3. The fraction of sp³-hybridized carbons (Fsp3) is 0.506. The topological polar surface area (TPSA) is 223 Å². The summed E-state index contributed by atoms with van der Waals surface area (Å²) in [5, 5.41) is 10.0. The number of carboxylic acid groups (broad SMARTS) is 1. The molecule has 3 unspecified atom stereocenters. The molecule has 15 nitrogen and oxygen atoms in total. The molecule has 0 amide bonds. The van der Waals surface area contributed by atoms with Gasteiger partial charge in [0.15, 0.2) is 18.3 Å². The van der Waals surface area contributed by atoms with Crippen LogP contribution >= 0.6 is 45.6 Å². The molecular formula is C79H102ClN3O12S3. The number of hydrogen-bond donors (Lipinski definition) is 4. The summed E-state index contributed by atoms with van der Waals surface area (Å²) in [5.74, 6) is 16.1. The number of halogens is 1. The van der Waals surface area contributed by atoms with Crippen LogP contribution in [0.25, 0.3) is 33.4 Å². The molecule has 0 fully saturated rings. The molecule has 3 aliphatic heterocycles.